The van der Waals surface area contributed by atoms with Crippen LogP contribution in [0.2, 0.25) is 0 Å². The number of pyridine rings is 1. The number of nitrogen functional groups attached to an aromatic ring is 1. The highest BCUT2D eigenvalue weighted by atomic mass is 15.1. The Bertz CT molecular complexity index is 728. The molecular weight excluding hydrogens is 248 g/mol. The van der Waals surface area contributed by atoms with E-state index in [1.165, 1.54) is 11.1 Å². The maximum atomic E-state index is 9.37. The van der Waals surface area contributed by atoms with Crippen LogP contribution in [0.3, 0.4) is 0 Å². The van der Waals surface area contributed by atoms with Gasteiger partial charge in [-0.15, -0.1) is 0 Å². The van der Waals surface area contributed by atoms with E-state index in [-0.39, 0.29) is 0 Å². The van der Waals surface area contributed by atoms with Crippen LogP contribution in [0.25, 0.3) is 0 Å². The van der Waals surface area contributed by atoms with Gasteiger partial charge in [-0.05, 0) is 43.2 Å². The first-order chi connectivity index (χ1) is 9.58. The molecule has 100 valence electrons. The van der Waals surface area contributed by atoms with Crippen LogP contribution in [0.5, 0.6) is 0 Å². The van der Waals surface area contributed by atoms with Crippen molar-refractivity contribution in [3.05, 3.63) is 52.3 Å². The van der Waals surface area contributed by atoms with Crippen LogP contribution in [0.1, 0.15) is 28.1 Å². The van der Waals surface area contributed by atoms with Gasteiger partial charge in [0.15, 0.2) is 0 Å². The standard InChI is InChI=1S/C16H16N4/c1-10-5-16(15(7-17)11(2)19-10)20-8-12-3-4-14(18)6-13(12)9-20/h3-6H,8-9,18H2,1-2H3. The molecule has 0 radical (unpaired) electrons. The first-order valence-electron chi connectivity index (χ1n) is 6.59. The Labute approximate surface area is 118 Å². The lowest BCUT2D eigenvalue weighted by Gasteiger charge is -2.20. The summed E-state index contributed by atoms with van der Waals surface area (Å²) in [7, 11) is 0. The molecule has 1 aliphatic heterocycles. The predicted molar refractivity (Wildman–Crippen MR) is 79.2 cm³/mol. The zero-order valence-corrected chi connectivity index (χ0v) is 11.6. The van der Waals surface area contributed by atoms with Crippen LogP contribution in [0, 0.1) is 25.2 Å². The van der Waals surface area contributed by atoms with Gasteiger partial charge in [0.2, 0.25) is 0 Å². The lowest BCUT2D eigenvalue weighted by atomic mass is 10.1. The van der Waals surface area contributed by atoms with Crippen molar-refractivity contribution in [2.24, 2.45) is 0 Å². The Morgan fingerprint density at radius 3 is 2.70 bits per heavy atom. The largest absolute Gasteiger partial charge is 0.399 e. The molecule has 0 saturated carbocycles. The molecule has 0 amide bonds. The van der Waals surface area contributed by atoms with Gasteiger partial charge < -0.3 is 10.6 Å². The Balaban J connectivity index is 2.03. The lowest BCUT2D eigenvalue weighted by molar-refractivity contribution is 0.870. The fourth-order valence-corrected chi connectivity index (χ4v) is 2.78. The molecule has 0 unspecified atom stereocenters. The summed E-state index contributed by atoms with van der Waals surface area (Å²) in [6.07, 6.45) is 0. The number of hydrogen-bond acceptors (Lipinski definition) is 4. The number of aryl methyl sites for hydroxylation is 2. The van der Waals surface area contributed by atoms with Crippen molar-refractivity contribution >= 4 is 11.4 Å². The van der Waals surface area contributed by atoms with Gasteiger partial charge in [-0.25, -0.2) is 0 Å². The van der Waals surface area contributed by atoms with Gasteiger partial charge in [0, 0.05) is 24.5 Å². The number of nitrogens with zero attached hydrogens (tertiary/aromatic N) is 3. The van der Waals surface area contributed by atoms with Crippen LogP contribution in [0.15, 0.2) is 24.3 Å². The van der Waals surface area contributed by atoms with E-state index in [0.717, 1.165) is 35.9 Å². The summed E-state index contributed by atoms with van der Waals surface area (Å²) < 4.78 is 0. The molecule has 1 aromatic carbocycles. The van der Waals surface area contributed by atoms with Gasteiger partial charge >= 0.3 is 0 Å². The number of nitriles is 1. The van der Waals surface area contributed by atoms with Crippen LogP contribution in [-0.4, -0.2) is 4.98 Å². The molecule has 0 aliphatic carbocycles. The van der Waals surface area contributed by atoms with Crippen molar-refractivity contribution in [3.8, 4) is 6.07 Å². The molecule has 3 rings (SSSR count). The molecule has 2 aromatic rings. The van der Waals surface area contributed by atoms with Crippen LogP contribution < -0.4 is 10.6 Å². The molecule has 0 fully saturated rings. The molecule has 20 heavy (non-hydrogen) atoms. The molecule has 4 heteroatoms. The molecule has 0 bridgehead atoms. The second-order valence-electron chi connectivity index (χ2n) is 5.24. The molecule has 1 aromatic heterocycles. The molecule has 0 spiro atoms. The van der Waals surface area contributed by atoms with Crippen molar-refractivity contribution < 1.29 is 0 Å². The molecule has 2 heterocycles. The Morgan fingerprint density at radius 1 is 1.20 bits per heavy atom. The smallest absolute Gasteiger partial charge is 0.103 e. The third-order valence-corrected chi connectivity index (χ3v) is 3.71. The van der Waals surface area contributed by atoms with E-state index >= 15 is 0 Å². The van der Waals surface area contributed by atoms with E-state index in [1.54, 1.807) is 0 Å². The van der Waals surface area contributed by atoms with Crippen LogP contribution in [0.4, 0.5) is 11.4 Å². The minimum Gasteiger partial charge on any atom is -0.399 e. The fourth-order valence-electron chi connectivity index (χ4n) is 2.78. The van der Waals surface area contributed by atoms with Crippen molar-refractivity contribution in [3.63, 3.8) is 0 Å². The SMILES string of the molecule is Cc1cc(N2Cc3ccc(N)cc3C2)c(C#N)c(C)n1. The van der Waals surface area contributed by atoms with Crippen molar-refractivity contribution in [1.82, 2.24) is 4.98 Å². The third kappa shape index (κ3) is 1.97. The zero-order chi connectivity index (χ0) is 14.3. The van der Waals surface area contributed by atoms with Gasteiger partial charge in [0.1, 0.15) is 6.07 Å². The maximum absolute atomic E-state index is 9.37. The second kappa shape index (κ2) is 4.53. The zero-order valence-electron chi connectivity index (χ0n) is 11.6. The van der Waals surface area contributed by atoms with Crippen molar-refractivity contribution in [1.29, 1.82) is 5.26 Å². The number of nitrogens with two attached hydrogens (primary N) is 1. The summed E-state index contributed by atoms with van der Waals surface area (Å²) in [4.78, 5) is 6.58. The number of anilines is 2. The van der Waals surface area contributed by atoms with Gasteiger partial charge in [0.25, 0.3) is 0 Å². The molecular formula is C16H16N4. The molecule has 1 aliphatic rings. The van der Waals surface area contributed by atoms with Gasteiger partial charge in [-0.1, -0.05) is 6.07 Å². The average Bonchev–Trinajstić information content (AvgIpc) is 2.80. The monoisotopic (exact) mass is 264 g/mol. The van der Waals surface area contributed by atoms with E-state index < -0.39 is 0 Å². The highest BCUT2D eigenvalue weighted by molar-refractivity contribution is 5.64. The number of hydrogen-bond donors (Lipinski definition) is 1. The maximum Gasteiger partial charge on any atom is 0.103 e. The molecule has 4 nitrogen and oxygen atoms in total. The number of rotatable bonds is 1. The Hall–Kier alpha value is -2.54. The van der Waals surface area contributed by atoms with Crippen LogP contribution >= 0.6 is 0 Å². The minimum absolute atomic E-state index is 0.663. The van der Waals surface area contributed by atoms with E-state index in [2.05, 4.69) is 22.0 Å². The van der Waals surface area contributed by atoms with Crippen molar-refractivity contribution in [2.75, 3.05) is 10.6 Å². The number of fused-ring (bicyclic) bond motifs is 1. The van der Waals surface area contributed by atoms with Gasteiger partial charge in [-0.2, -0.15) is 5.26 Å². The average molecular weight is 264 g/mol. The third-order valence-electron chi connectivity index (χ3n) is 3.71. The molecule has 0 saturated heterocycles. The molecule has 2 N–H and O–H groups in total. The summed E-state index contributed by atoms with van der Waals surface area (Å²) in [5.74, 6) is 0. The predicted octanol–water partition coefficient (Wildman–Crippen LogP) is 2.67. The van der Waals surface area contributed by atoms with E-state index in [9.17, 15) is 5.26 Å². The van der Waals surface area contributed by atoms with E-state index in [1.807, 2.05) is 32.0 Å². The summed E-state index contributed by atoms with van der Waals surface area (Å²) >= 11 is 0. The molecule has 0 atom stereocenters. The van der Waals surface area contributed by atoms with Gasteiger partial charge in [-0.3, -0.25) is 4.98 Å². The first kappa shape index (κ1) is 12.5. The topological polar surface area (TPSA) is 65.9 Å². The number of benzene rings is 1. The van der Waals surface area contributed by atoms with E-state index in [0.29, 0.717) is 5.56 Å². The van der Waals surface area contributed by atoms with E-state index in [4.69, 9.17) is 5.73 Å². The summed E-state index contributed by atoms with van der Waals surface area (Å²) in [6.45, 7) is 5.44. The minimum atomic E-state index is 0.663. The number of aromatic nitrogens is 1. The van der Waals surface area contributed by atoms with Gasteiger partial charge in [0.05, 0.1) is 16.9 Å². The highest BCUT2D eigenvalue weighted by Crippen LogP contribution is 2.32. The first-order valence-corrected chi connectivity index (χ1v) is 6.59. The summed E-state index contributed by atoms with van der Waals surface area (Å²) in [5, 5.41) is 9.37. The summed E-state index contributed by atoms with van der Waals surface area (Å²) in [6, 6.07) is 10.3. The van der Waals surface area contributed by atoms with Crippen LogP contribution in [-0.2, 0) is 13.1 Å². The quantitative estimate of drug-likeness (QED) is 0.804. The Morgan fingerprint density at radius 2 is 1.95 bits per heavy atom. The lowest BCUT2D eigenvalue weighted by Crippen LogP contribution is -2.17. The second-order valence-corrected chi connectivity index (χ2v) is 5.24. The fraction of sp³-hybridized carbons (Fsp3) is 0.250. The summed E-state index contributed by atoms with van der Waals surface area (Å²) in [5.41, 5.74) is 12.5. The van der Waals surface area contributed by atoms with Crippen molar-refractivity contribution in [2.45, 2.75) is 26.9 Å². The normalized spacial score (nSPS) is 13.2. The Kier molecular flexibility index (Phi) is 2.83. The highest BCUT2D eigenvalue weighted by Gasteiger charge is 2.22.